The van der Waals surface area contributed by atoms with Crippen molar-refractivity contribution in [2.75, 3.05) is 12.3 Å². The van der Waals surface area contributed by atoms with Crippen LogP contribution in [0, 0.1) is 11.7 Å². The predicted octanol–water partition coefficient (Wildman–Crippen LogP) is 2.58. The van der Waals surface area contributed by atoms with Crippen LogP contribution in [-0.4, -0.2) is 6.61 Å². The standard InChI is InChI=1S/C11H16FNO/c1-8(2)6-14-7-9-3-10(12)5-11(13)4-9/h3-5,8H,6-7,13H2,1-2H3. The largest absolute Gasteiger partial charge is 0.399 e. The zero-order chi connectivity index (χ0) is 10.6. The summed E-state index contributed by atoms with van der Waals surface area (Å²) in [5.41, 5.74) is 6.71. The van der Waals surface area contributed by atoms with Crippen molar-refractivity contribution in [1.29, 1.82) is 0 Å². The molecule has 0 unspecified atom stereocenters. The topological polar surface area (TPSA) is 35.2 Å². The Labute approximate surface area is 83.9 Å². The Morgan fingerprint density at radius 1 is 1.36 bits per heavy atom. The summed E-state index contributed by atoms with van der Waals surface area (Å²) in [4.78, 5) is 0. The molecule has 0 saturated carbocycles. The van der Waals surface area contributed by atoms with E-state index in [0.717, 1.165) is 5.56 Å². The SMILES string of the molecule is CC(C)COCc1cc(N)cc(F)c1. The van der Waals surface area contributed by atoms with E-state index in [9.17, 15) is 4.39 Å². The van der Waals surface area contributed by atoms with Gasteiger partial charge in [-0.15, -0.1) is 0 Å². The molecule has 0 aliphatic rings. The highest BCUT2D eigenvalue weighted by Crippen LogP contribution is 2.12. The van der Waals surface area contributed by atoms with Gasteiger partial charge >= 0.3 is 0 Å². The Bertz CT molecular complexity index is 279. The molecular weight excluding hydrogens is 181 g/mol. The van der Waals surface area contributed by atoms with Gasteiger partial charge in [-0.1, -0.05) is 13.8 Å². The summed E-state index contributed by atoms with van der Waals surface area (Å²) in [5.74, 6) is 0.175. The van der Waals surface area contributed by atoms with Crippen molar-refractivity contribution in [2.45, 2.75) is 20.5 Å². The van der Waals surface area contributed by atoms with Gasteiger partial charge in [0.05, 0.1) is 6.61 Å². The summed E-state index contributed by atoms with van der Waals surface area (Å²) in [6, 6.07) is 4.46. The number of benzene rings is 1. The monoisotopic (exact) mass is 197 g/mol. The highest BCUT2D eigenvalue weighted by molar-refractivity contribution is 5.41. The van der Waals surface area contributed by atoms with Gasteiger partial charge in [0.1, 0.15) is 5.82 Å². The lowest BCUT2D eigenvalue weighted by Gasteiger charge is -2.07. The number of nitrogen functional groups attached to an aromatic ring is 1. The summed E-state index contributed by atoms with van der Waals surface area (Å²) < 4.78 is 18.2. The van der Waals surface area contributed by atoms with Gasteiger partial charge in [0.2, 0.25) is 0 Å². The molecule has 78 valence electrons. The first-order chi connectivity index (χ1) is 6.58. The second-order valence-corrected chi connectivity index (χ2v) is 3.80. The molecule has 14 heavy (non-hydrogen) atoms. The third-order valence-corrected chi connectivity index (χ3v) is 1.70. The molecule has 0 atom stereocenters. The number of ether oxygens (including phenoxy) is 1. The molecule has 2 N–H and O–H groups in total. The predicted molar refractivity (Wildman–Crippen MR) is 55.3 cm³/mol. The van der Waals surface area contributed by atoms with Crippen LogP contribution in [0.2, 0.25) is 0 Å². The normalized spacial score (nSPS) is 10.9. The second kappa shape index (κ2) is 4.96. The third kappa shape index (κ3) is 3.75. The molecule has 0 fully saturated rings. The zero-order valence-electron chi connectivity index (χ0n) is 8.59. The van der Waals surface area contributed by atoms with Gasteiger partial charge in [0.25, 0.3) is 0 Å². The van der Waals surface area contributed by atoms with Crippen LogP contribution in [0.1, 0.15) is 19.4 Å². The minimum absolute atomic E-state index is 0.312. The van der Waals surface area contributed by atoms with Crippen molar-refractivity contribution < 1.29 is 9.13 Å². The van der Waals surface area contributed by atoms with Crippen LogP contribution in [0.15, 0.2) is 18.2 Å². The van der Waals surface area contributed by atoms with Crippen LogP contribution in [0.5, 0.6) is 0 Å². The molecule has 0 bridgehead atoms. The fourth-order valence-electron chi connectivity index (χ4n) is 1.17. The fraction of sp³-hybridized carbons (Fsp3) is 0.455. The quantitative estimate of drug-likeness (QED) is 0.753. The average molecular weight is 197 g/mol. The first kappa shape index (κ1) is 11.0. The van der Waals surface area contributed by atoms with Crippen LogP contribution >= 0.6 is 0 Å². The van der Waals surface area contributed by atoms with Crippen molar-refractivity contribution >= 4 is 5.69 Å². The molecule has 1 aromatic carbocycles. The molecule has 0 aromatic heterocycles. The van der Waals surface area contributed by atoms with Gasteiger partial charge in [-0.2, -0.15) is 0 Å². The van der Waals surface area contributed by atoms with Crippen molar-refractivity contribution in [3.63, 3.8) is 0 Å². The lowest BCUT2D eigenvalue weighted by molar-refractivity contribution is 0.0969. The van der Waals surface area contributed by atoms with Gasteiger partial charge in [-0.25, -0.2) is 4.39 Å². The maximum atomic E-state index is 12.9. The van der Waals surface area contributed by atoms with Crippen LogP contribution in [0.25, 0.3) is 0 Å². The van der Waals surface area contributed by atoms with E-state index >= 15 is 0 Å². The molecule has 0 aliphatic carbocycles. The lowest BCUT2D eigenvalue weighted by atomic mass is 10.2. The maximum absolute atomic E-state index is 12.9. The Morgan fingerprint density at radius 3 is 2.64 bits per heavy atom. The Morgan fingerprint density at radius 2 is 2.07 bits per heavy atom. The van der Waals surface area contributed by atoms with Crippen molar-refractivity contribution in [1.82, 2.24) is 0 Å². The molecule has 1 rings (SSSR count). The first-order valence-electron chi connectivity index (χ1n) is 4.70. The highest BCUT2D eigenvalue weighted by Gasteiger charge is 1.99. The first-order valence-corrected chi connectivity index (χ1v) is 4.70. The van der Waals surface area contributed by atoms with Crippen LogP contribution in [-0.2, 0) is 11.3 Å². The van der Waals surface area contributed by atoms with E-state index in [1.165, 1.54) is 12.1 Å². The second-order valence-electron chi connectivity index (χ2n) is 3.80. The molecular formula is C11H16FNO. The molecule has 3 heteroatoms. The Kier molecular flexibility index (Phi) is 3.89. The number of halogens is 1. The maximum Gasteiger partial charge on any atom is 0.125 e. The van der Waals surface area contributed by atoms with Crippen LogP contribution in [0.4, 0.5) is 10.1 Å². The number of nitrogens with two attached hydrogens (primary N) is 1. The van der Waals surface area contributed by atoms with Crippen LogP contribution < -0.4 is 5.73 Å². The molecule has 0 radical (unpaired) electrons. The molecule has 0 saturated heterocycles. The van der Waals surface area contributed by atoms with E-state index in [2.05, 4.69) is 13.8 Å². The van der Waals surface area contributed by atoms with Crippen molar-refractivity contribution in [2.24, 2.45) is 5.92 Å². The van der Waals surface area contributed by atoms with E-state index in [0.29, 0.717) is 24.8 Å². The third-order valence-electron chi connectivity index (χ3n) is 1.70. The average Bonchev–Trinajstić information content (AvgIpc) is 2.01. The highest BCUT2D eigenvalue weighted by atomic mass is 19.1. The van der Waals surface area contributed by atoms with Gasteiger partial charge in [0.15, 0.2) is 0 Å². The molecule has 0 aliphatic heterocycles. The summed E-state index contributed by atoms with van der Waals surface area (Å²) in [5, 5.41) is 0. The smallest absolute Gasteiger partial charge is 0.125 e. The Balaban J connectivity index is 2.50. The minimum atomic E-state index is -0.312. The molecule has 0 spiro atoms. The van der Waals surface area contributed by atoms with E-state index in [1.54, 1.807) is 6.07 Å². The van der Waals surface area contributed by atoms with E-state index in [4.69, 9.17) is 10.5 Å². The zero-order valence-corrected chi connectivity index (χ0v) is 8.59. The minimum Gasteiger partial charge on any atom is -0.399 e. The number of rotatable bonds is 4. The molecule has 2 nitrogen and oxygen atoms in total. The van der Waals surface area contributed by atoms with E-state index in [1.807, 2.05) is 0 Å². The summed E-state index contributed by atoms with van der Waals surface area (Å²) in [7, 11) is 0. The number of hydrogen-bond donors (Lipinski definition) is 1. The van der Waals surface area contributed by atoms with E-state index in [-0.39, 0.29) is 5.82 Å². The Hall–Kier alpha value is -1.09. The van der Waals surface area contributed by atoms with Gasteiger partial charge in [0, 0.05) is 12.3 Å². The lowest BCUT2D eigenvalue weighted by Crippen LogP contribution is -2.02. The van der Waals surface area contributed by atoms with Crippen LogP contribution in [0.3, 0.4) is 0 Å². The van der Waals surface area contributed by atoms with Gasteiger partial charge < -0.3 is 10.5 Å². The van der Waals surface area contributed by atoms with Crippen molar-refractivity contribution in [3.8, 4) is 0 Å². The number of hydrogen-bond acceptors (Lipinski definition) is 2. The summed E-state index contributed by atoms with van der Waals surface area (Å²) in [6.07, 6.45) is 0. The van der Waals surface area contributed by atoms with Crippen molar-refractivity contribution in [3.05, 3.63) is 29.6 Å². The molecule has 0 heterocycles. The molecule has 1 aromatic rings. The molecule has 0 amide bonds. The van der Waals surface area contributed by atoms with Gasteiger partial charge in [-0.05, 0) is 29.7 Å². The summed E-state index contributed by atoms with van der Waals surface area (Å²) in [6.45, 7) is 5.23. The van der Waals surface area contributed by atoms with E-state index < -0.39 is 0 Å². The van der Waals surface area contributed by atoms with Gasteiger partial charge in [-0.3, -0.25) is 0 Å². The summed E-state index contributed by atoms with van der Waals surface area (Å²) >= 11 is 0. The number of anilines is 1. The fourth-order valence-corrected chi connectivity index (χ4v) is 1.17.